The first-order chi connectivity index (χ1) is 21.5. The summed E-state index contributed by atoms with van der Waals surface area (Å²) in [7, 11) is 3.97. The van der Waals surface area contributed by atoms with Gasteiger partial charge in [0.2, 0.25) is 5.75 Å². The third kappa shape index (κ3) is 8.49. The number of ether oxygens (including phenoxy) is 3. The van der Waals surface area contributed by atoms with Crippen LogP contribution in [0.5, 0.6) is 17.2 Å². The molecule has 1 amide bonds. The monoisotopic (exact) mass is 585 g/mol. The Morgan fingerprint density at radius 3 is 1.57 bits per heavy atom. The zero-order chi connectivity index (χ0) is 30.6. The molecule has 7 heteroatoms. The van der Waals surface area contributed by atoms with Gasteiger partial charge in [-0.05, 0) is 46.5 Å². The number of hydrazone groups is 1. The molecular formula is C37H35N3O4. The molecule has 5 aromatic carbocycles. The van der Waals surface area contributed by atoms with Crippen LogP contribution in [0.2, 0.25) is 0 Å². The van der Waals surface area contributed by atoms with Crippen molar-refractivity contribution in [1.82, 2.24) is 5.43 Å². The van der Waals surface area contributed by atoms with Crippen LogP contribution in [0.4, 0.5) is 5.69 Å². The summed E-state index contributed by atoms with van der Waals surface area (Å²) in [5.41, 5.74) is 7.84. The van der Waals surface area contributed by atoms with Crippen LogP contribution >= 0.6 is 0 Å². The molecule has 0 bridgehead atoms. The molecule has 44 heavy (non-hydrogen) atoms. The molecule has 0 aliphatic rings. The summed E-state index contributed by atoms with van der Waals surface area (Å²) in [6, 6.07) is 40.7. The summed E-state index contributed by atoms with van der Waals surface area (Å²) in [5.74, 6) is 0.796. The largest absolute Gasteiger partial charge is 0.485 e. The molecule has 0 aliphatic carbocycles. The molecule has 0 fully saturated rings. The molecule has 0 saturated heterocycles. The summed E-state index contributed by atoms with van der Waals surface area (Å²) in [6.07, 6.45) is 1.61. The second-order valence-corrected chi connectivity index (χ2v) is 10.3. The fraction of sp³-hybridized carbons (Fsp3) is 0.135. The summed E-state index contributed by atoms with van der Waals surface area (Å²) < 4.78 is 18.9. The predicted octanol–water partition coefficient (Wildman–Crippen LogP) is 7.25. The smallest absolute Gasteiger partial charge is 0.271 e. The quantitative estimate of drug-likeness (QED) is 0.116. The number of anilines is 1. The van der Waals surface area contributed by atoms with E-state index in [1.807, 2.05) is 134 Å². The lowest BCUT2D eigenvalue weighted by Gasteiger charge is -2.19. The molecule has 5 rings (SSSR count). The summed E-state index contributed by atoms with van der Waals surface area (Å²) in [4.78, 5) is 15.4. The average molecular weight is 586 g/mol. The molecule has 5 aromatic rings. The zero-order valence-corrected chi connectivity index (χ0v) is 24.9. The fourth-order valence-corrected chi connectivity index (χ4v) is 4.35. The molecule has 7 nitrogen and oxygen atoms in total. The van der Waals surface area contributed by atoms with Gasteiger partial charge in [-0.2, -0.15) is 5.10 Å². The number of amides is 1. The molecule has 222 valence electrons. The van der Waals surface area contributed by atoms with Gasteiger partial charge in [-0.25, -0.2) is 5.43 Å². The molecule has 0 saturated carbocycles. The second kappa shape index (κ2) is 15.1. The Balaban J connectivity index is 1.43. The number of rotatable bonds is 13. The van der Waals surface area contributed by atoms with Gasteiger partial charge >= 0.3 is 0 Å². The third-order valence-corrected chi connectivity index (χ3v) is 6.77. The van der Waals surface area contributed by atoms with Gasteiger partial charge < -0.3 is 19.1 Å². The van der Waals surface area contributed by atoms with Crippen LogP contribution in [0.1, 0.15) is 32.6 Å². The highest BCUT2D eigenvalue weighted by Gasteiger charge is 2.20. The lowest BCUT2D eigenvalue weighted by molar-refractivity contribution is 0.0953. The number of carbonyl (C=O) groups excluding carboxylic acids is 1. The highest BCUT2D eigenvalue weighted by Crippen LogP contribution is 2.40. The number of hydrogen-bond donors (Lipinski definition) is 1. The van der Waals surface area contributed by atoms with Crippen LogP contribution in [-0.2, 0) is 19.8 Å². The minimum absolute atomic E-state index is 0.285. The number of nitrogens with zero attached hydrogens (tertiary/aromatic N) is 2. The molecule has 0 aromatic heterocycles. The minimum Gasteiger partial charge on any atom is -0.485 e. The van der Waals surface area contributed by atoms with E-state index in [2.05, 4.69) is 10.5 Å². The number of carbonyl (C=O) groups is 1. The van der Waals surface area contributed by atoms with Crippen LogP contribution in [0, 0.1) is 0 Å². The Labute approximate surface area is 258 Å². The number of nitrogens with one attached hydrogen (secondary N) is 1. The second-order valence-electron chi connectivity index (χ2n) is 10.3. The van der Waals surface area contributed by atoms with Crippen LogP contribution in [-0.4, -0.2) is 26.2 Å². The van der Waals surface area contributed by atoms with Crippen molar-refractivity contribution in [3.8, 4) is 17.2 Å². The molecular weight excluding hydrogens is 550 g/mol. The van der Waals surface area contributed by atoms with E-state index in [0.29, 0.717) is 29.4 Å². The van der Waals surface area contributed by atoms with Gasteiger partial charge in [0.05, 0.1) is 6.21 Å². The van der Waals surface area contributed by atoms with E-state index in [-0.39, 0.29) is 13.2 Å². The Morgan fingerprint density at radius 2 is 1.11 bits per heavy atom. The summed E-state index contributed by atoms with van der Waals surface area (Å²) >= 11 is 0. The first kappa shape index (κ1) is 29.9. The fourth-order valence-electron chi connectivity index (χ4n) is 4.35. The van der Waals surface area contributed by atoms with Crippen molar-refractivity contribution < 1.29 is 19.0 Å². The van der Waals surface area contributed by atoms with Crippen molar-refractivity contribution in [2.24, 2.45) is 5.10 Å². The van der Waals surface area contributed by atoms with Crippen molar-refractivity contribution in [3.63, 3.8) is 0 Å². The average Bonchev–Trinajstić information content (AvgIpc) is 3.07. The van der Waals surface area contributed by atoms with Gasteiger partial charge in [0.15, 0.2) is 11.5 Å². The Hall–Kier alpha value is -5.56. The van der Waals surface area contributed by atoms with E-state index in [1.54, 1.807) is 18.3 Å². The van der Waals surface area contributed by atoms with E-state index in [0.717, 1.165) is 27.9 Å². The van der Waals surface area contributed by atoms with Crippen molar-refractivity contribution in [3.05, 3.63) is 155 Å². The Bertz CT molecular complexity index is 1590. The van der Waals surface area contributed by atoms with Gasteiger partial charge in [0, 0.05) is 25.3 Å². The lowest BCUT2D eigenvalue weighted by atomic mass is 10.1. The van der Waals surface area contributed by atoms with Crippen molar-refractivity contribution in [1.29, 1.82) is 0 Å². The Kier molecular flexibility index (Phi) is 10.2. The maximum absolute atomic E-state index is 13.3. The SMILES string of the molecule is CN(C)c1ccc(/C=N/NC(=O)c2cc(OCc3ccccc3)c(OCc3ccccc3)c(OCc3ccccc3)c2)cc1. The molecule has 0 atom stereocenters. The van der Waals surface area contributed by atoms with Gasteiger partial charge in [-0.3, -0.25) is 4.79 Å². The zero-order valence-electron chi connectivity index (χ0n) is 24.9. The van der Waals surface area contributed by atoms with E-state index in [1.165, 1.54) is 0 Å². The molecule has 0 aliphatic heterocycles. The van der Waals surface area contributed by atoms with Crippen LogP contribution in [0.15, 0.2) is 132 Å². The van der Waals surface area contributed by atoms with Crippen LogP contribution < -0.4 is 24.5 Å². The van der Waals surface area contributed by atoms with Crippen LogP contribution in [0.25, 0.3) is 0 Å². The molecule has 0 spiro atoms. The first-order valence-electron chi connectivity index (χ1n) is 14.3. The molecule has 1 N–H and O–H groups in total. The topological polar surface area (TPSA) is 72.4 Å². The highest BCUT2D eigenvalue weighted by molar-refractivity contribution is 5.96. The third-order valence-electron chi connectivity index (χ3n) is 6.77. The molecule has 0 heterocycles. The lowest BCUT2D eigenvalue weighted by Crippen LogP contribution is -2.18. The maximum atomic E-state index is 13.3. The molecule has 0 unspecified atom stereocenters. The van der Waals surface area contributed by atoms with Gasteiger partial charge in [-0.1, -0.05) is 103 Å². The standard InChI is InChI=1S/C37H35N3O4/c1-40(2)33-20-18-28(19-21-33)24-38-39-37(41)32-22-34(42-25-29-12-6-3-7-13-29)36(44-27-31-16-10-5-11-17-31)35(23-32)43-26-30-14-8-4-9-15-30/h3-24H,25-27H2,1-2H3,(H,39,41)/b38-24+. The van der Waals surface area contributed by atoms with Gasteiger partial charge in [0.1, 0.15) is 19.8 Å². The number of benzene rings is 5. The summed E-state index contributed by atoms with van der Waals surface area (Å²) in [5, 5.41) is 4.19. The predicted molar refractivity (Wildman–Crippen MR) is 175 cm³/mol. The summed E-state index contributed by atoms with van der Waals surface area (Å²) in [6.45, 7) is 0.867. The minimum atomic E-state index is -0.408. The highest BCUT2D eigenvalue weighted by atomic mass is 16.5. The van der Waals surface area contributed by atoms with Gasteiger partial charge in [0.25, 0.3) is 5.91 Å². The first-order valence-corrected chi connectivity index (χ1v) is 14.3. The molecule has 0 radical (unpaired) electrons. The van der Waals surface area contributed by atoms with E-state index in [9.17, 15) is 4.79 Å². The van der Waals surface area contributed by atoms with E-state index >= 15 is 0 Å². The van der Waals surface area contributed by atoms with E-state index in [4.69, 9.17) is 14.2 Å². The number of hydrogen-bond acceptors (Lipinski definition) is 6. The van der Waals surface area contributed by atoms with Crippen molar-refractivity contribution in [2.75, 3.05) is 19.0 Å². The van der Waals surface area contributed by atoms with E-state index < -0.39 is 5.91 Å². The van der Waals surface area contributed by atoms with Gasteiger partial charge in [-0.15, -0.1) is 0 Å². The maximum Gasteiger partial charge on any atom is 0.271 e. The van der Waals surface area contributed by atoms with Crippen LogP contribution in [0.3, 0.4) is 0 Å². The van der Waals surface area contributed by atoms with Crippen molar-refractivity contribution >= 4 is 17.8 Å². The normalized spacial score (nSPS) is 10.8. The van der Waals surface area contributed by atoms with Crippen molar-refractivity contribution in [2.45, 2.75) is 19.8 Å². The Morgan fingerprint density at radius 1 is 0.659 bits per heavy atom.